The van der Waals surface area contributed by atoms with Gasteiger partial charge in [-0.25, -0.2) is 0 Å². The second kappa shape index (κ2) is 4.39. The van der Waals surface area contributed by atoms with Crippen molar-refractivity contribution in [2.45, 2.75) is 18.3 Å². The van der Waals surface area contributed by atoms with Crippen LogP contribution in [0.5, 0.6) is 11.5 Å². The number of ether oxygens (including phenoxy) is 2. The quantitative estimate of drug-likeness (QED) is 0.823. The predicted octanol–water partition coefficient (Wildman–Crippen LogP) is 2.29. The van der Waals surface area contributed by atoms with E-state index in [4.69, 9.17) is 22.4 Å². The predicted molar refractivity (Wildman–Crippen MR) is 56.6 cm³/mol. The Morgan fingerprint density at radius 3 is 2.11 bits per heavy atom. The first-order chi connectivity index (χ1) is 8.68. The molecule has 0 spiro atoms. The van der Waals surface area contributed by atoms with Crippen LogP contribution in [0.2, 0.25) is 5.02 Å². The maximum atomic E-state index is 13.0. The lowest BCUT2D eigenvalue weighted by Gasteiger charge is -2.32. The van der Waals surface area contributed by atoms with Crippen LogP contribution in [0.3, 0.4) is 0 Å². The van der Waals surface area contributed by atoms with E-state index < -0.39 is 36.4 Å². The molecule has 1 aromatic rings. The van der Waals surface area contributed by atoms with Crippen molar-refractivity contribution in [2.24, 2.45) is 5.73 Å². The van der Waals surface area contributed by atoms with Crippen LogP contribution in [-0.4, -0.2) is 23.9 Å². The van der Waals surface area contributed by atoms with Crippen LogP contribution in [0.1, 0.15) is 11.6 Å². The topological polar surface area (TPSA) is 64.7 Å². The molecule has 0 radical (unpaired) electrons. The van der Waals surface area contributed by atoms with Crippen molar-refractivity contribution in [3.63, 3.8) is 0 Å². The van der Waals surface area contributed by atoms with E-state index in [9.17, 15) is 17.6 Å². The van der Waals surface area contributed by atoms with E-state index in [1.807, 2.05) is 0 Å². The van der Waals surface area contributed by atoms with Crippen LogP contribution in [0.15, 0.2) is 12.1 Å². The number of hydrogen-bond acceptors (Lipinski definition) is 4. The summed E-state index contributed by atoms with van der Waals surface area (Å²) < 4.78 is 59.6. The molecule has 0 aliphatic carbocycles. The molecule has 0 fully saturated rings. The van der Waals surface area contributed by atoms with E-state index in [0.717, 1.165) is 12.1 Å². The molecule has 0 saturated carbocycles. The number of aliphatic hydroxyl groups excluding tert-OH is 1. The average molecular weight is 302 g/mol. The van der Waals surface area contributed by atoms with E-state index in [-0.39, 0.29) is 10.6 Å². The molecule has 1 atom stereocenters. The molecule has 4 nitrogen and oxygen atoms in total. The normalized spacial score (nSPS) is 21.0. The molecule has 2 rings (SSSR count). The summed E-state index contributed by atoms with van der Waals surface area (Å²) in [7, 11) is 0. The fraction of sp³-hybridized carbons (Fsp3) is 0.400. The van der Waals surface area contributed by atoms with E-state index in [2.05, 4.69) is 9.47 Å². The second-order valence-corrected chi connectivity index (χ2v) is 4.25. The van der Waals surface area contributed by atoms with Crippen molar-refractivity contribution < 1.29 is 32.1 Å². The van der Waals surface area contributed by atoms with Gasteiger partial charge in [0.1, 0.15) is 0 Å². The minimum atomic E-state index is -4.81. The fourth-order valence-corrected chi connectivity index (χ4v) is 1.78. The second-order valence-electron chi connectivity index (χ2n) is 3.85. The van der Waals surface area contributed by atoms with Gasteiger partial charge in [0.05, 0.1) is 12.6 Å². The molecule has 9 heteroatoms. The number of alkyl halides is 4. The molecule has 0 saturated heterocycles. The summed E-state index contributed by atoms with van der Waals surface area (Å²) in [5.74, 6) is -1.26. The molecule has 19 heavy (non-hydrogen) atoms. The van der Waals surface area contributed by atoms with Crippen LogP contribution in [0.4, 0.5) is 17.6 Å². The summed E-state index contributed by atoms with van der Waals surface area (Å²) in [6.07, 6.45) is -9.61. The Kier molecular flexibility index (Phi) is 3.28. The highest BCUT2D eigenvalue weighted by Gasteiger charge is 2.66. The number of halogens is 5. The smallest absolute Gasteiger partial charge is 0.421 e. The molecule has 1 heterocycles. The Balaban J connectivity index is 2.48. The SMILES string of the molecule is NC(CO)c1cc2c(cc1Cl)OC(F)(F)C(F)(F)O2. The first kappa shape index (κ1) is 14.2. The molecular formula is C10H8ClF4NO3. The average Bonchev–Trinajstić information content (AvgIpc) is 2.29. The van der Waals surface area contributed by atoms with Crippen molar-refractivity contribution in [3.8, 4) is 11.5 Å². The summed E-state index contributed by atoms with van der Waals surface area (Å²) >= 11 is 5.74. The number of aliphatic hydroxyl groups is 1. The molecule has 3 N–H and O–H groups in total. The summed E-state index contributed by atoms with van der Waals surface area (Å²) in [6, 6.07) is 0.851. The highest BCUT2D eigenvalue weighted by molar-refractivity contribution is 6.31. The lowest BCUT2D eigenvalue weighted by atomic mass is 10.1. The summed E-state index contributed by atoms with van der Waals surface area (Å²) in [5.41, 5.74) is 5.56. The van der Waals surface area contributed by atoms with Crippen molar-refractivity contribution in [3.05, 3.63) is 22.7 Å². The van der Waals surface area contributed by atoms with E-state index >= 15 is 0 Å². The van der Waals surface area contributed by atoms with Crippen molar-refractivity contribution in [1.82, 2.24) is 0 Å². The molecule has 1 aliphatic rings. The molecule has 1 unspecified atom stereocenters. The highest BCUT2D eigenvalue weighted by Crippen LogP contribution is 2.48. The van der Waals surface area contributed by atoms with Gasteiger partial charge < -0.3 is 20.3 Å². The number of nitrogens with two attached hydrogens (primary N) is 1. The van der Waals surface area contributed by atoms with Crippen molar-refractivity contribution in [1.29, 1.82) is 0 Å². The summed E-state index contributed by atoms with van der Waals surface area (Å²) in [6.45, 7) is -0.508. The van der Waals surface area contributed by atoms with Gasteiger partial charge in [0.15, 0.2) is 11.5 Å². The first-order valence-corrected chi connectivity index (χ1v) is 5.39. The van der Waals surface area contributed by atoms with E-state index in [1.165, 1.54) is 0 Å². The number of hydrogen-bond donors (Lipinski definition) is 2. The molecule has 0 aromatic heterocycles. The van der Waals surface area contributed by atoms with Gasteiger partial charge in [-0.3, -0.25) is 0 Å². The van der Waals surface area contributed by atoms with E-state index in [1.54, 1.807) is 0 Å². The molecule has 1 aliphatic heterocycles. The Morgan fingerprint density at radius 1 is 1.16 bits per heavy atom. The molecule has 106 valence electrons. The maximum Gasteiger partial charge on any atom is 0.507 e. The van der Waals surface area contributed by atoms with E-state index in [0.29, 0.717) is 0 Å². The van der Waals surface area contributed by atoms with Gasteiger partial charge in [0, 0.05) is 11.1 Å². The highest BCUT2D eigenvalue weighted by atomic mass is 35.5. The Bertz CT molecular complexity index is 512. The van der Waals surface area contributed by atoms with Crippen LogP contribution in [0, 0.1) is 0 Å². The van der Waals surface area contributed by atoms with Crippen LogP contribution < -0.4 is 15.2 Å². The molecule has 1 aromatic carbocycles. The number of benzene rings is 1. The van der Waals surface area contributed by atoms with Gasteiger partial charge >= 0.3 is 12.2 Å². The van der Waals surface area contributed by atoms with Gasteiger partial charge in [-0.2, -0.15) is 17.6 Å². The summed E-state index contributed by atoms with van der Waals surface area (Å²) in [5, 5.41) is 8.77. The fourth-order valence-electron chi connectivity index (χ4n) is 1.49. The van der Waals surface area contributed by atoms with Crippen molar-refractivity contribution >= 4 is 11.6 Å². The zero-order chi connectivity index (χ0) is 14.4. The van der Waals surface area contributed by atoms with Gasteiger partial charge in [0.2, 0.25) is 0 Å². The monoisotopic (exact) mass is 301 g/mol. The minimum absolute atomic E-state index is 0.0764. The van der Waals surface area contributed by atoms with Crippen LogP contribution >= 0.6 is 11.6 Å². The first-order valence-electron chi connectivity index (χ1n) is 5.01. The minimum Gasteiger partial charge on any atom is -0.421 e. The van der Waals surface area contributed by atoms with Crippen LogP contribution in [-0.2, 0) is 0 Å². The van der Waals surface area contributed by atoms with Gasteiger partial charge in [-0.15, -0.1) is 0 Å². The van der Waals surface area contributed by atoms with Gasteiger partial charge in [-0.1, -0.05) is 11.6 Å². The molecular weight excluding hydrogens is 294 g/mol. The Hall–Kier alpha value is -1.25. The summed E-state index contributed by atoms with van der Waals surface area (Å²) in [4.78, 5) is 0. The van der Waals surface area contributed by atoms with Crippen molar-refractivity contribution in [2.75, 3.05) is 6.61 Å². The third-order valence-corrected chi connectivity index (χ3v) is 2.80. The van der Waals surface area contributed by atoms with Gasteiger partial charge in [-0.05, 0) is 11.6 Å². The lowest BCUT2D eigenvalue weighted by molar-refractivity contribution is -0.391. The lowest BCUT2D eigenvalue weighted by Crippen LogP contribution is -2.52. The third kappa shape index (κ3) is 2.31. The number of fused-ring (bicyclic) bond motifs is 1. The van der Waals surface area contributed by atoms with Gasteiger partial charge in [0.25, 0.3) is 0 Å². The third-order valence-electron chi connectivity index (χ3n) is 2.47. The Labute approximate surface area is 109 Å². The standard InChI is InChI=1S/C10H8ClF4NO3/c11-5-2-8-7(1-4(5)6(16)3-17)18-9(12,13)10(14,15)19-8/h1-2,6,17H,3,16H2. The zero-order valence-electron chi connectivity index (χ0n) is 9.17. The molecule has 0 amide bonds. The molecule has 0 bridgehead atoms. The largest absolute Gasteiger partial charge is 0.507 e. The van der Waals surface area contributed by atoms with Crippen LogP contribution in [0.25, 0.3) is 0 Å². The zero-order valence-corrected chi connectivity index (χ0v) is 9.93. The Morgan fingerprint density at radius 2 is 1.63 bits per heavy atom. The number of rotatable bonds is 2. The maximum absolute atomic E-state index is 13.0.